The Bertz CT molecular complexity index is 617. The van der Waals surface area contributed by atoms with Crippen molar-refractivity contribution < 1.29 is 4.39 Å². The minimum Gasteiger partial charge on any atom is -0.207 e. The molecule has 0 fully saturated rings. The van der Waals surface area contributed by atoms with E-state index in [9.17, 15) is 4.39 Å². The van der Waals surface area contributed by atoms with Crippen molar-refractivity contribution in [3.05, 3.63) is 57.8 Å². The molecule has 0 aliphatic rings. The molecule has 0 aromatic heterocycles. The van der Waals surface area contributed by atoms with Crippen LogP contribution in [-0.4, -0.2) is 0 Å². The summed E-state index contributed by atoms with van der Waals surface area (Å²) in [6.45, 7) is 0. The number of rotatable bonds is 1. The molecular formula is C13H6Cl2FN. The lowest BCUT2D eigenvalue weighted by molar-refractivity contribution is 0.628. The number of halogens is 3. The minimum absolute atomic E-state index is 0.316. The summed E-state index contributed by atoms with van der Waals surface area (Å²) in [6.07, 6.45) is 0. The van der Waals surface area contributed by atoms with Gasteiger partial charge >= 0.3 is 0 Å². The van der Waals surface area contributed by atoms with E-state index in [1.54, 1.807) is 18.2 Å². The summed E-state index contributed by atoms with van der Waals surface area (Å²) in [5.41, 5.74) is 1.35. The molecule has 0 unspecified atom stereocenters. The van der Waals surface area contributed by atoms with Gasteiger partial charge in [-0.25, -0.2) is 4.39 Å². The highest BCUT2D eigenvalue weighted by atomic mass is 35.5. The molecule has 0 amide bonds. The maximum Gasteiger partial charge on any atom is 0.123 e. The second-order valence-corrected chi connectivity index (χ2v) is 4.19. The molecule has 0 spiro atoms. The molecule has 17 heavy (non-hydrogen) atoms. The first kappa shape index (κ1) is 11.9. The first-order chi connectivity index (χ1) is 8.13. The van der Waals surface area contributed by atoms with E-state index < -0.39 is 5.82 Å². The fourth-order valence-electron chi connectivity index (χ4n) is 1.55. The quantitative estimate of drug-likeness (QED) is 0.735. The molecule has 84 valence electrons. The first-order valence-corrected chi connectivity index (χ1v) is 5.53. The van der Waals surface area contributed by atoms with Crippen molar-refractivity contribution in [3.8, 4) is 17.2 Å². The van der Waals surface area contributed by atoms with Gasteiger partial charge in [0.2, 0.25) is 0 Å². The van der Waals surface area contributed by atoms with Crippen LogP contribution in [0.15, 0.2) is 36.4 Å². The Labute approximate surface area is 108 Å². The van der Waals surface area contributed by atoms with Crippen LogP contribution >= 0.6 is 23.2 Å². The van der Waals surface area contributed by atoms with Crippen LogP contribution in [0.1, 0.15) is 5.56 Å². The summed E-state index contributed by atoms with van der Waals surface area (Å²) in [5.74, 6) is -0.421. The first-order valence-electron chi connectivity index (χ1n) is 4.77. The van der Waals surface area contributed by atoms with E-state index in [1.165, 1.54) is 18.2 Å². The van der Waals surface area contributed by atoms with E-state index in [2.05, 4.69) is 0 Å². The number of hydrogen-bond acceptors (Lipinski definition) is 1. The van der Waals surface area contributed by atoms with E-state index in [-0.39, 0.29) is 0 Å². The fraction of sp³-hybridized carbons (Fsp3) is 0. The van der Waals surface area contributed by atoms with E-state index in [4.69, 9.17) is 28.5 Å². The van der Waals surface area contributed by atoms with Crippen molar-refractivity contribution in [1.29, 1.82) is 5.26 Å². The Morgan fingerprint density at radius 1 is 1.06 bits per heavy atom. The van der Waals surface area contributed by atoms with Gasteiger partial charge in [0.1, 0.15) is 5.82 Å². The van der Waals surface area contributed by atoms with Crippen LogP contribution in [-0.2, 0) is 0 Å². The summed E-state index contributed by atoms with van der Waals surface area (Å²) in [7, 11) is 0. The molecule has 2 aromatic rings. The number of hydrogen-bond donors (Lipinski definition) is 0. The maximum absolute atomic E-state index is 13.2. The van der Waals surface area contributed by atoms with Crippen molar-refractivity contribution >= 4 is 23.2 Å². The SMILES string of the molecule is N#Cc1ccc(F)cc1-c1cccc(Cl)c1Cl. The summed E-state index contributed by atoms with van der Waals surface area (Å²) >= 11 is 11.9. The summed E-state index contributed by atoms with van der Waals surface area (Å²) < 4.78 is 13.2. The molecule has 0 radical (unpaired) electrons. The number of nitriles is 1. The summed E-state index contributed by atoms with van der Waals surface area (Å²) in [6, 6.07) is 11.0. The predicted octanol–water partition coefficient (Wildman–Crippen LogP) is 4.67. The van der Waals surface area contributed by atoms with Gasteiger partial charge in [0, 0.05) is 11.1 Å². The lowest BCUT2D eigenvalue weighted by Gasteiger charge is -2.07. The fourth-order valence-corrected chi connectivity index (χ4v) is 1.95. The normalized spacial score (nSPS) is 10.0. The van der Waals surface area contributed by atoms with Crippen LogP contribution in [0.5, 0.6) is 0 Å². The van der Waals surface area contributed by atoms with Crippen LogP contribution < -0.4 is 0 Å². The van der Waals surface area contributed by atoms with Gasteiger partial charge in [-0.2, -0.15) is 5.26 Å². The van der Waals surface area contributed by atoms with Crippen LogP contribution in [0.4, 0.5) is 4.39 Å². The van der Waals surface area contributed by atoms with Gasteiger partial charge in [0.15, 0.2) is 0 Å². The Balaban J connectivity index is 2.72. The molecular weight excluding hydrogens is 260 g/mol. The van der Waals surface area contributed by atoms with Crippen LogP contribution in [0.25, 0.3) is 11.1 Å². The van der Waals surface area contributed by atoms with Crippen molar-refractivity contribution in [2.75, 3.05) is 0 Å². The molecule has 0 N–H and O–H groups in total. The average Bonchev–Trinajstić information content (AvgIpc) is 2.33. The van der Waals surface area contributed by atoms with Gasteiger partial charge in [-0.15, -0.1) is 0 Å². The van der Waals surface area contributed by atoms with Gasteiger partial charge in [0.05, 0.1) is 21.7 Å². The highest BCUT2D eigenvalue weighted by Crippen LogP contribution is 2.35. The summed E-state index contributed by atoms with van der Waals surface area (Å²) in [4.78, 5) is 0. The third-order valence-electron chi connectivity index (χ3n) is 2.34. The molecule has 0 bridgehead atoms. The van der Waals surface area contributed by atoms with Gasteiger partial charge in [-0.05, 0) is 24.3 Å². The molecule has 0 aliphatic heterocycles. The Morgan fingerprint density at radius 3 is 2.53 bits per heavy atom. The van der Waals surface area contributed by atoms with Crippen LogP contribution in [0, 0.1) is 17.1 Å². The zero-order valence-electron chi connectivity index (χ0n) is 8.55. The van der Waals surface area contributed by atoms with Crippen molar-refractivity contribution in [2.24, 2.45) is 0 Å². The van der Waals surface area contributed by atoms with Crippen LogP contribution in [0.3, 0.4) is 0 Å². The monoisotopic (exact) mass is 265 g/mol. The molecule has 0 saturated carbocycles. The summed E-state index contributed by atoms with van der Waals surface area (Å²) in [5, 5.41) is 9.67. The average molecular weight is 266 g/mol. The van der Waals surface area contributed by atoms with Gasteiger partial charge in [-0.3, -0.25) is 0 Å². The number of benzene rings is 2. The van der Waals surface area contributed by atoms with E-state index in [1.807, 2.05) is 6.07 Å². The Morgan fingerprint density at radius 2 is 1.82 bits per heavy atom. The van der Waals surface area contributed by atoms with E-state index >= 15 is 0 Å². The third kappa shape index (κ3) is 2.26. The van der Waals surface area contributed by atoms with Gasteiger partial charge in [0.25, 0.3) is 0 Å². The highest BCUT2D eigenvalue weighted by Gasteiger charge is 2.11. The topological polar surface area (TPSA) is 23.8 Å². The zero-order valence-corrected chi connectivity index (χ0v) is 10.1. The second kappa shape index (κ2) is 4.75. The van der Waals surface area contributed by atoms with Crippen molar-refractivity contribution in [2.45, 2.75) is 0 Å². The van der Waals surface area contributed by atoms with Crippen molar-refractivity contribution in [3.63, 3.8) is 0 Å². The standard InChI is InChI=1S/C13H6Cl2FN/c14-12-3-1-2-10(13(12)15)11-6-9(16)5-4-8(11)7-17/h1-6H. The highest BCUT2D eigenvalue weighted by molar-refractivity contribution is 6.43. The second-order valence-electron chi connectivity index (χ2n) is 3.40. The van der Waals surface area contributed by atoms with Crippen molar-refractivity contribution in [1.82, 2.24) is 0 Å². The molecule has 4 heteroatoms. The minimum atomic E-state index is -0.421. The molecule has 2 rings (SSSR count). The Hall–Kier alpha value is -1.56. The molecule has 1 nitrogen and oxygen atoms in total. The predicted molar refractivity (Wildman–Crippen MR) is 66.6 cm³/mol. The van der Waals surface area contributed by atoms with Crippen LogP contribution in [0.2, 0.25) is 10.0 Å². The van der Waals surface area contributed by atoms with Gasteiger partial charge < -0.3 is 0 Å². The molecule has 0 aliphatic carbocycles. The van der Waals surface area contributed by atoms with Gasteiger partial charge in [-0.1, -0.05) is 35.3 Å². The van der Waals surface area contributed by atoms with E-state index in [0.717, 1.165) is 0 Å². The lowest BCUT2D eigenvalue weighted by atomic mass is 10.0. The molecule has 0 atom stereocenters. The Kier molecular flexibility index (Phi) is 3.33. The zero-order chi connectivity index (χ0) is 12.4. The molecule has 0 saturated heterocycles. The number of nitrogens with zero attached hydrogens (tertiary/aromatic N) is 1. The third-order valence-corrected chi connectivity index (χ3v) is 3.16. The molecule has 2 aromatic carbocycles. The largest absolute Gasteiger partial charge is 0.207 e. The smallest absolute Gasteiger partial charge is 0.123 e. The van der Waals surface area contributed by atoms with E-state index in [0.29, 0.717) is 26.7 Å². The lowest BCUT2D eigenvalue weighted by Crippen LogP contribution is -1.88. The maximum atomic E-state index is 13.2. The molecule has 0 heterocycles.